The Hall–Kier alpha value is -2.76. The molecule has 0 unspecified atom stereocenters. The van der Waals surface area contributed by atoms with E-state index in [1.165, 1.54) is 33.8 Å². The number of amides is 1. The Balaban J connectivity index is 2.01. The largest absolute Gasteiger partial charge is 0.482 e. The summed E-state index contributed by atoms with van der Waals surface area (Å²) in [4.78, 5) is 45.1. The first-order valence-electron chi connectivity index (χ1n) is 12.4. The molecule has 39 heavy (non-hydrogen) atoms. The number of nitrogens with zero attached hydrogens (tertiary/aromatic N) is 1. The van der Waals surface area contributed by atoms with Crippen molar-refractivity contribution >= 4 is 29.7 Å². The van der Waals surface area contributed by atoms with Crippen LogP contribution in [0.2, 0.25) is 0 Å². The smallest absolute Gasteiger partial charge is 0.471 e. The van der Waals surface area contributed by atoms with E-state index in [2.05, 4.69) is 0 Å². The molecule has 3 rings (SSSR count). The summed E-state index contributed by atoms with van der Waals surface area (Å²) >= 11 is 0. The van der Waals surface area contributed by atoms with Gasteiger partial charge in [0.15, 0.2) is 12.3 Å². The molecule has 0 fully saturated rings. The molecule has 0 saturated carbocycles. The summed E-state index contributed by atoms with van der Waals surface area (Å²) in [6.45, 7) is 9.08. The maximum atomic E-state index is 13.9. The normalized spacial score (nSPS) is 15.3. The molecular weight excluding hydrogens is 549 g/mol. The summed E-state index contributed by atoms with van der Waals surface area (Å²) in [6.07, 6.45) is 0. The van der Waals surface area contributed by atoms with Gasteiger partial charge >= 0.3 is 13.8 Å². The maximum absolute atomic E-state index is 13.9. The van der Waals surface area contributed by atoms with Crippen molar-refractivity contribution < 1.29 is 46.4 Å². The number of phosphoric acid groups is 1. The van der Waals surface area contributed by atoms with Crippen molar-refractivity contribution in [1.82, 2.24) is 4.31 Å². The molecule has 0 bridgehead atoms. The Bertz CT molecular complexity index is 1370. The molecule has 11 nitrogen and oxygen atoms in total. The van der Waals surface area contributed by atoms with E-state index >= 15 is 0 Å². The molecule has 2 aromatic carbocycles. The highest BCUT2D eigenvalue weighted by Gasteiger charge is 2.60. The minimum atomic E-state index is -5.25. The molecule has 0 radical (unpaired) electrons. The number of carbonyl (C=O) groups excluding carboxylic acids is 2. The van der Waals surface area contributed by atoms with Crippen LogP contribution < -0.4 is 4.74 Å². The number of hydrogen-bond donors (Lipinski definition) is 2. The van der Waals surface area contributed by atoms with Gasteiger partial charge in [0.1, 0.15) is 17.3 Å². The summed E-state index contributed by atoms with van der Waals surface area (Å²) in [6, 6.07) is 11.6. The third-order valence-electron chi connectivity index (χ3n) is 6.48. The summed E-state index contributed by atoms with van der Waals surface area (Å²) < 4.78 is 56.1. The van der Waals surface area contributed by atoms with E-state index < -0.39 is 58.8 Å². The Morgan fingerprint density at radius 3 is 2.13 bits per heavy atom. The van der Waals surface area contributed by atoms with Crippen LogP contribution >= 0.6 is 7.82 Å². The number of fused-ring (bicyclic) bond motifs is 1. The van der Waals surface area contributed by atoms with Crippen LogP contribution in [0.4, 0.5) is 0 Å². The van der Waals surface area contributed by atoms with Crippen molar-refractivity contribution in [3.63, 3.8) is 0 Å². The van der Waals surface area contributed by atoms with Gasteiger partial charge in [-0.2, -0.15) is 4.31 Å². The zero-order valence-electron chi connectivity index (χ0n) is 22.7. The predicted octanol–water partition coefficient (Wildman–Crippen LogP) is 4.19. The SMILES string of the molecule is CC(C)c1cc(OCC(=O)OCc2ccccc2)cc2c1C(=O)N(C(OP(=O)(O)O)(C(C)C)C(C)C)S2(=O)=O. The molecule has 0 spiro atoms. The second-order valence-electron chi connectivity index (χ2n) is 10.2. The number of benzene rings is 2. The van der Waals surface area contributed by atoms with Crippen molar-refractivity contribution in [2.75, 3.05) is 6.61 Å². The van der Waals surface area contributed by atoms with E-state index in [-0.39, 0.29) is 23.8 Å². The van der Waals surface area contributed by atoms with Crippen LogP contribution in [0.1, 0.15) is 68.9 Å². The first kappa shape index (κ1) is 30.8. The van der Waals surface area contributed by atoms with Gasteiger partial charge in [-0.3, -0.25) is 9.32 Å². The van der Waals surface area contributed by atoms with Crippen LogP contribution in [-0.4, -0.2) is 46.7 Å². The molecule has 13 heteroatoms. The molecule has 0 aliphatic carbocycles. The molecule has 214 valence electrons. The first-order valence-corrected chi connectivity index (χ1v) is 15.4. The summed E-state index contributed by atoms with van der Waals surface area (Å²) in [5.41, 5.74) is -1.21. The minimum absolute atomic E-state index is 0.0166. The first-order chi connectivity index (χ1) is 18.0. The number of phosphoric ester groups is 1. The number of rotatable bonds is 11. The Kier molecular flexibility index (Phi) is 8.98. The number of sulfonamides is 1. The van der Waals surface area contributed by atoms with Gasteiger partial charge in [-0.15, -0.1) is 0 Å². The van der Waals surface area contributed by atoms with Gasteiger partial charge in [-0.1, -0.05) is 71.9 Å². The standard InChI is InChI=1S/C26H34NO10PS/c1-16(2)21-12-20(35-15-23(28)36-14-19-10-8-7-9-11-19)13-22-24(21)25(29)27(39(22,33)34)26(17(3)4,18(5)6)37-38(30,31)32/h7-13,16-18H,14-15H2,1-6H3,(H2,30,31,32). The van der Waals surface area contributed by atoms with Crippen LogP contribution in [0, 0.1) is 11.8 Å². The van der Waals surface area contributed by atoms with E-state index in [0.29, 0.717) is 9.87 Å². The van der Waals surface area contributed by atoms with E-state index in [9.17, 15) is 32.4 Å². The van der Waals surface area contributed by atoms with Crippen molar-refractivity contribution in [1.29, 1.82) is 0 Å². The zero-order chi connectivity index (χ0) is 29.3. The fraction of sp³-hybridized carbons (Fsp3) is 0.462. The second kappa shape index (κ2) is 11.4. The molecule has 1 heterocycles. The lowest BCUT2D eigenvalue weighted by molar-refractivity contribution is -0.147. The van der Waals surface area contributed by atoms with E-state index in [1.807, 2.05) is 6.07 Å². The van der Waals surface area contributed by atoms with E-state index in [4.69, 9.17) is 14.0 Å². The predicted molar refractivity (Wildman–Crippen MR) is 141 cm³/mol. The molecule has 1 amide bonds. The summed E-state index contributed by atoms with van der Waals surface area (Å²) in [7, 11) is -9.91. The molecule has 0 aromatic heterocycles. The molecule has 2 N–H and O–H groups in total. The monoisotopic (exact) mass is 583 g/mol. The number of ether oxygens (including phenoxy) is 2. The van der Waals surface area contributed by atoms with Crippen LogP contribution in [0.5, 0.6) is 5.75 Å². The van der Waals surface area contributed by atoms with Gasteiger partial charge in [-0.25, -0.2) is 17.8 Å². The Morgan fingerprint density at radius 1 is 1.03 bits per heavy atom. The highest BCUT2D eigenvalue weighted by atomic mass is 32.2. The molecular formula is C26H34NO10PS. The van der Waals surface area contributed by atoms with Crippen molar-refractivity contribution in [3.8, 4) is 5.75 Å². The topological polar surface area (TPSA) is 157 Å². The third kappa shape index (κ3) is 6.20. The highest BCUT2D eigenvalue weighted by molar-refractivity contribution is 7.90. The average molecular weight is 584 g/mol. The van der Waals surface area contributed by atoms with Crippen LogP contribution in [0.25, 0.3) is 0 Å². The lowest BCUT2D eigenvalue weighted by Crippen LogP contribution is -2.59. The van der Waals surface area contributed by atoms with Gasteiger partial charge in [0.2, 0.25) is 0 Å². The van der Waals surface area contributed by atoms with Gasteiger partial charge < -0.3 is 19.3 Å². The maximum Gasteiger partial charge on any atom is 0.471 e. The molecule has 1 aliphatic heterocycles. The van der Waals surface area contributed by atoms with Crippen LogP contribution in [0.15, 0.2) is 47.4 Å². The van der Waals surface area contributed by atoms with Crippen LogP contribution in [-0.2, 0) is 35.3 Å². The number of hydrogen-bond acceptors (Lipinski definition) is 8. The third-order valence-corrected chi connectivity index (χ3v) is 8.82. The quantitative estimate of drug-likeness (QED) is 0.290. The fourth-order valence-corrected chi connectivity index (χ4v) is 7.74. The second-order valence-corrected chi connectivity index (χ2v) is 13.1. The fourth-order valence-electron chi connectivity index (χ4n) is 4.73. The summed E-state index contributed by atoms with van der Waals surface area (Å²) in [5.74, 6) is -3.64. The lowest BCUT2D eigenvalue weighted by atomic mass is 9.87. The Morgan fingerprint density at radius 2 is 1.62 bits per heavy atom. The summed E-state index contributed by atoms with van der Waals surface area (Å²) in [5, 5.41) is 0. The number of carbonyl (C=O) groups is 2. The highest BCUT2D eigenvalue weighted by Crippen LogP contribution is 2.53. The van der Waals surface area contributed by atoms with Crippen molar-refractivity contribution in [2.45, 2.75) is 64.7 Å². The molecule has 0 saturated heterocycles. The molecule has 2 aromatic rings. The molecule has 1 aliphatic rings. The lowest BCUT2D eigenvalue weighted by Gasteiger charge is -2.45. The van der Waals surface area contributed by atoms with Crippen LogP contribution in [0.3, 0.4) is 0 Å². The van der Waals surface area contributed by atoms with Gasteiger partial charge in [-0.05, 0) is 23.1 Å². The Labute approximate surface area is 228 Å². The minimum Gasteiger partial charge on any atom is -0.482 e. The number of esters is 1. The van der Waals surface area contributed by atoms with E-state index in [1.54, 1.807) is 38.1 Å². The average Bonchev–Trinajstić information content (AvgIpc) is 3.04. The van der Waals surface area contributed by atoms with Crippen molar-refractivity contribution in [2.24, 2.45) is 11.8 Å². The van der Waals surface area contributed by atoms with Gasteiger partial charge in [0.05, 0.1) is 5.56 Å². The molecule has 0 atom stereocenters. The van der Waals surface area contributed by atoms with Gasteiger partial charge in [0.25, 0.3) is 15.9 Å². The zero-order valence-corrected chi connectivity index (χ0v) is 24.4. The van der Waals surface area contributed by atoms with Crippen molar-refractivity contribution in [3.05, 3.63) is 59.2 Å². The van der Waals surface area contributed by atoms with Gasteiger partial charge in [0, 0.05) is 17.9 Å². The van der Waals surface area contributed by atoms with E-state index in [0.717, 1.165) is 11.6 Å².